The fraction of sp³-hybridized carbons (Fsp3) is 0.333. The van der Waals surface area contributed by atoms with Gasteiger partial charge < -0.3 is 9.88 Å². The number of anilines is 1. The predicted molar refractivity (Wildman–Crippen MR) is 84.4 cm³/mol. The second-order valence-corrected chi connectivity index (χ2v) is 6.27. The quantitative estimate of drug-likeness (QED) is 0.800. The molecule has 0 saturated carbocycles. The van der Waals surface area contributed by atoms with Crippen LogP contribution in [0.15, 0.2) is 18.5 Å². The van der Waals surface area contributed by atoms with E-state index in [0.717, 1.165) is 22.6 Å². The van der Waals surface area contributed by atoms with Crippen LogP contribution in [0.5, 0.6) is 0 Å². The SMILES string of the molecule is Cc1sc2ncnc(NCc3ccc(C)n3C)c2c1C. The lowest BCUT2D eigenvalue weighted by Gasteiger charge is -2.09. The van der Waals surface area contributed by atoms with Crippen LogP contribution < -0.4 is 5.32 Å². The molecule has 0 unspecified atom stereocenters. The Morgan fingerprint density at radius 1 is 1.20 bits per heavy atom. The molecule has 0 radical (unpaired) electrons. The average Bonchev–Trinajstić information content (AvgIpc) is 2.90. The van der Waals surface area contributed by atoms with Crippen molar-refractivity contribution in [1.82, 2.24) is 14.5 Å². The van der Waals surface area contributed by atoms with Crippen LogP contribution in [-0.4, -0.2) is 14.5 Å². The molecule has 0 spiro atoms. The summed E-state index contributed by atoms with van der Waals surface area (Å²) in [5.74, 6) is 0.927. The molecule has 3 heterocycles. The van der Waals surface area contributed by atoms with Crippen LogP contribution in [-0.2, 0) is 13.6 Å². The molecule has 0 saturated heterocycles. The molecule has 4 nitrogen and oxygen atoms in total. The van der Waals surface area contributed by atoms with Gasteiger partial charge in [-0.15, -0.1) is 11.3 Å². The van der Waals surface area contributed by atoms with Crippen molar-refractivity contribution in [3.05, 3.63) is 40.3 Å². The molecule has 0 atom stereocenters. The molecule has 3 aromatic heterocycles. The van der Waals surface area contributed by atoms with Gasteiger partial charge in [0.05, 0.1) is 11.9 Å². The van der Waals surface area contributed by atoms with E-state index in [2.05, 4.69) is 59.8 Å². The molecule has 3 rings (SSSR count). The highest BCUT2D eigenvalue weighted by Gasteiger charge is 2.12. The molecule has 104 valence electrons. The van der Waals surface area contributed by atoms with E-state index in [1.165, 1.54) is 21.8 Å². The standard InChI is InChI=1S/C15H18N4S/c1-9-5-6-12(19(9)4)7-16-14-13-10(2)11(3)20-15(13)18-8-17-14/h5-6,8H,7H2,1-4H3,(H,16,17,18). The second kappa shape index (κ2) is 4.90. The fourth-order valence-corrected chi connectivity index (χ4v) is 3.33. The van der Waals surface area contributed by atoms with Gasteiger partial charge in [0.1, 0.15) is 17.0 Å². The summed E-state index contributed by atoms with van der Waals surface area (Å²) in [5, 5.41) is 4.60. The van der Waals surface area contributed by atoms with Crippen LogP contribution in [0.1, 0.15) is 21.8 Å². The van der Waals surface area contributed by atoms with Gasteiger partial charge in [-0.05, 0) is 38.5 Å². The summed E-state index contributed by atoms with van der Waals surface area (Å²) in [6.45, 7) is 7.14. The zero-order chi connectivity index (χ0) is 14.3. The second-order valence-electron chi connectivity index (χ2n) is 5.06. The first-order valence-electron chi connectivity index (χ1n) is 6.63. The molecular formula is C15H18N4S. The summed E-state index contributed by atoms with van der Waals surface area (Å²) >= 11 is 1.73. The molecule has 0 aliphatic heterocycles. The Morgan fingerprint density at radius 2 is 2.00 bits per heavy atom. The van der Waals surface area contributed by atoms with Gasteiger partial charge in [0, 0.05) is 23.3 Å². The summed E-state index contributed by atoms with van der Waals surface area (Å²) in [7, 11) is 2.09. The lowest BCUT2D eigenvalue weighted by Crippen LogP contribution is -2.07. The van der Waals surface area contributed by atoms with Crippen LogP contribution >= 0.6 is 11.3 Å². The van der Waals surface area contributed by atoms with E-state index in [1.807, 2.05) is 0 Å². The van der Waals surface area contributed by atoms with Gasteiger partial charge in [0.15, 0.2) is 0 Å². The van der Waals surface area contributed by atoms with Crippen LogP contribution in [0, 0.1) is 20.8 Å². The summed E-state index contributed by atoms with van der Waals surface area (Å²) in [6, 6.07) is 4.28. The normalized spacial score (nSPS) is 11.2. The van der Waals surface area contributed by atoms with Crippen LogP contribution in [0.2, 0.25) is 0 Å². The minimum atomic E-state index is 0.769. The van der Waals surface area contributed by atoms with Gasteiger partial charge in [-0.1, -0.05) is 0 Å². The Kier molecular flexibility index (Phi) is 3.22. The van der Waals surface area contributed by atoms with E-state index in [4.69, 9.17) is 0 Å². The fourth-order valence-electron chi connectivity index (χ4n) is 2.34. The third-order valence-electron chi connectivity index (χ3n) is 3.88. The number of fused-ring (bicyclic) bond motifs is 1. The highest BCUT2D eigenvalue weighted by molar-refractivity contribution is 7.18. The van der Waals surface area contributed by atoms with Crippen molar-refractivity contribution in [2.45, 2.75) is 27.3 Å². The zero-order valence-corrected chi connectivity index (χ0v) is 13.0. The number of rotatable bonds is 3. The number of nitrogens with zero attached hydrogens (tertiary/aromatic N) is 3. The number of aryl methyl sites for hydroxylation is 3. The van der Waals surface area contributed by atoms with Gasteiger partial charge in [0.2, 0.25) is 0 Å². The van der Waals surface area contributed by atoms with E-state index in [9.17, 15) is 0 Å². The molecule has 0 fully saturated rings. The van der Waals surface area contributed by atoms with Crippen molar-refractivity contribution < 1.29 is 0 Å². The Labute approximate surface area is 122 Å². The van der Waals surface area contributed by atoms with Crippen molar-refractivity contribution in [1.29, 1.82) is 0 Å². The lowest BCUT2D eigenvalue weighted by molar-refractivity contribution is 0.811. The molecular weight excluding hydrogens is 268 g/mol. The molecule has 20 heavy (non-hydrogen) atoms. The van der Waals surface area contributed by atoms with E-state index in [1.54, 1.807) is 17.7 Å². The third kappa shape index (κ3) is 2.08. The van der Waals surface area contributed by atoms with Crippen LogP contribution in [0.25, 0.3) is 10.2 Å². The summed E-state index contributed by atoms with van der Waals surface area (Å²) in [6.07, 6.45) is 1.64. The number of nitrogens with one attached hydrogen (secondary N) is 1. The Balaban J connectivity index is 1.93. The summed E-state index contributed by atoms with van der Waals surface area (Å²) in [5.41, 5.74) is 3.78. The zero-order valence-electron chi connectivity index (χ0n) is 12.2. The Bertz CT molecular complexity index is 770. The highest BCUT2D eigenvalue weighted by Crippen LogP contribution is 2.32. The number of thiophene rings is 1. The molecule has 1 N–H and O–H groups in total. The molecule has 3 aromatic rings. The number of aromatic nitrogens is 3. The molecule has 0 aromatic carbocycles. The Hall–Kier alpha value is -1.88. The van der Waals surface area contributed by atoms with Gasteiger partial charge >= 0.3 is 0 Å². The average molecular weight is 286 g/mol. The van der Waals surface area contributed by atoms with Gasteiger partial charge in [-0.25, -0.2) is 9.97 Å². The lowest BCUT2D eigenvalue weighted by atomic mass is 10.2. The van der Waals surface area contributed by atoms with E-state index in [0.29, 0.717) is 0 Å². The van der Waals surface area contributed by atoms with Gasteiger partial charge in [-0.2, -0.15) is 0 Å². The van der Waals surface area contributed by atoms with Crippen molar-refractivity contribution in [3.63, 3.8) is 0 Å². The molecule has 0 aliphatic carbocycles. The van der Waals surface area contributed by atoms with Gasteiger partial charge in [-0.3, -0.25) is 0 Å². The molecule has 0 bridgehead atoms. The predicted octanol–water partition coefficient (Wildman–Crippen LogP) is 3.57. The summed E-state index contributed by atoms with van der Waals surface area (Å²) < 4.78 is 2.19. The van der Waals surface area contributed by atoms with E-state index in [-0.39, 0.29) is 0 Å². The van der Waals surface area contributed by atoms with Crippen molar-refractivity contribution >= 4 is 27.4 Å². The maximum atomic E-state index is 4.41. The summed E-state index contributed by atoms with van der Waals surface area (Å²) in [4.78, 5) is 11.1. The first-order chi connectivity index (χ1) is 9.58. The minimum Gasteiger partial charge on any atom is -0.364 e. The monoisotopic (exact) mass is 286 g/mol. The third-order valence-corrected chi connectivity index (χ3v) is 4.99. The maximum absolute atomic E-state index is 4.41. The first kappa shape index (κ1) is 13.1. The van der Waals surface area contributed by atoms with E-state index >= 15 is 0 Å². The first-order valence-corrected chi connectivity index (χ1v) is 7.45. The Morgan fingerprint density at radius 3 is 2.70 bits per heavy atom. The highest BCUT2D eigenvalue weighted by atomic mass is 32.1. The molecule has 0 amide bonds. The number of hydrogen-bond donors (Lipinski definition) is 1. The topological polar surface area (TPSA) is 42.7 Å². The molecule has 5 heteroatoms. The van der Waals surface area contributed by atoms with Crippen molar-refractivity contribution in [2.24, 2.45) is 7.05 Å². The van der Waals surface area contributed by atoms with Crippen molar-refractivity contribution in [3.8, 4) is 0 Å². The van der Waals surface area contributed by atoms with Crippen molar-refractivity contribution in [2.75, 3.05) is 5.32 Å². The minimum absolute atomic E-state index is 0.769. The van der Waals surface area contributed by atoms with E-state index < -0.39 is 0 Å². The molecule has 0 aliphatic rings. The maximum Gasteiger partial charge on any atom is 0.138 e. The van der Waals surface area contributed by atoms with Crippen LogP contribution in [0.3, 0.4) is 0 Å². The van der Waals surface area contributed by atoms with Gasteiger partial charge in [0.25, 0.3) is 0 Å². The number of hydrogen-bond acceptors (Lipinski definition) is 4. The van der Waals surface area contributed by atoms with Crippen LogP contribution in [0.4, 0.5) is 5.82 Å². The largest absolute Gasteiger partial charge is 0.364 e. The smallest absolute Gasteiger partial charge is 0.138 e.